The second-order valence-corrected chi connectivity index (χ2v) is 11.4. The number of aryl methyl sites for hydroxylation is 1. The molecule has 3 amide bonds. The lowest BCUT2D eigenvalue weighted by molar-refractivity contribution is -0.140. The molecule has 0 saturated carbocycles. The van der Waals surface area contributed by atoms with Crippen LogP contribution in [0.1, 0.15) is 37.7 Å². The molecule has 3 aliphatic heterocycles. The summed E-state index contributed by atoms with van der Waals surface area (Å²) in [5, 5.41) is 13.4. The summed E-state index contributed by atoms with van der Waals surface area (Å²) in [7, 11) is 1.81. The van der Waals surface area contributed by atoms with Crippen molar-refractivity contribution >= 4 is 23.4 Å². The van der Waals surface area contributed by atoms with Gasteiger partial charge in [-0.3, -0.25) is 24.0 Å². The van der Waals surface area contributed by atoms with Crippen LogP contribution in [0.15, 0.2) is 54.9 Å². The molecule has 3 N–H and O–H groups in total. The molecule has 2 aromatic rings. The number of nitrogens with one attached hydrogen (secondary N) is 3. The summed E-state index contributed by atoms with van der Waals surface area (Å²) < 4.78 is 7.24. The molecule has 2 fully saturated rings. The summed E-state index contributed by atoms with van der Waals surface area (Å²) in [5.74, 6) is -0.144. The Hall–Kier alpha value is -3.50. The maximum Gasteiger partial charge on any atom is 0.243 e. The van der Waals surface area contributed by atoms with Crippen LogP contribution in [-0.4, -0.2) is 77.3 Å². The second-order valence-electron chi connectivity index (χ2n) is 11.4. The van der Waals surface area contributed by atoms with Gasteiger partial charge < -0.3 is 20.7 Å². The van der Waals surface area contributed by atoms with Crippen LogP contribution in [0.25, 0.3) is 0 Å². The van der Waals surface area contributed by atoms with Crippen molar-refractivity contribution < 1.29 is 19.1 Å². The molecule has 10 nitrogen and oxygen atoms in total. The fourth-order valence-electron chi connectivity index (χ4n) is 6.09. The Balaban J connectivity index is 1.32. The highest BCUT2D eigenvalue weighted by atomic mass is 16.5. The number of carbonyl (C=O) groups is 3. The first-order valence-electron chi connectivity index (χ1n) is 14.3. The van der Waals surface area contributed by atoms with Crippen molar-refractivity contribution in [3.63, 3.8) is 0 Å². The summed E-state index contributed by atoms with van der Waals surface area (Å²) in [4.78, 5) is 42.3. The van der Waals surface area contributed by atoms with Crippen molar-refractivity contribution in [3.8, 4) is 0 Å². The maximum atomic E-state index is 13.7. The number of carbonyl (C=O) groups excluding carboxylic acids is 3. The lowest BCUT2D eigenvalue weighted by atomic mass is 9.75. The molecular weight excluding hydrogens is 508 g/mol. The first-order chi connectivity index (χ1) is 19.4. The van der Waals surface area contributed by atoms with E-state index in [-0.39, 0.29) is 36.2 Å². The minimum atomic E-state index is -0.665. The second kappa shape index (κ2) is 12.8. The smallest absolute Gasteiger partial charge is 0.243 e. The highest BCUT2D eigenvalue weighted by molar-refractivity contribution is 5.92. The Bertz CT molecular complexity index is 1210. The van der Waals surface area contributed by atoms with Gasteiger partial charge in [-0.15, -0.1) is 0 Å². The number of fused-ring (bicyclic) bond motifs is 1. The molecule has 0 unspecified atom stereocenters. The average Bonchev–Trinajstić information content (AvgIpc) is 3.36. The summed E-state index contributed by atoms with van der Waals surface area (Å²) in [6.45, 7) is 2.76. The van der Waals surface area contributed by atoms with Crippen molar-refractivity contribution in [1.82, 2.24) is 25.3 Å². The lowest BCUT2D eigenvalue weighted by Gasteiger charge is -2.40. The molecule has 0 aliphatic carbocycles. The normalized spacial score (nSPS) is 26.5. The number of benzene rings is 1. The van der Waals surface area contributed by atoms with E-state index in [0.717, 1.165) is 18.4 Å². The third-order valence-electron chi connectivity index (χ3n) is 8.45. The average molecular weight is 549 g/mol. The number of rotatable bonds is 5. The molecular formula is C30H40N6O4. The molecule has 1 aromatic carbocycles. The minimum absolute atomic E-state index is 0.0403. The fraction of sp³-hybridized carbons (Fsp3) is 0.533. The van der Waals surface area contributed by atoms with Crippen molar-refractivity contribution in [2.45, 2.75) is 50.6 Å². The van der Waals surface area contributed by atoms with Crippen LogP contribution in [-0.2, 0) is 32.6 Å². The van der Waals surface area contributed by atoms with Gasteiger partial charge in [-0.1, -0.05) is 42.5 Å². The summed E-state index contributed by atoms with van der Waals surface area (Å²) in [6, 6.07) is 9.11. The molecule has 3 atom stereocenters. The third-order valence-corrected chi connectivity index (χ3v) is 8.45. The highest BCUT2D eigenvalue weighted by Crippen LogP contribution is 2.36. The topological polar surface area (TPSA) is 118 Å². The first-order valence-corrected chi connectivity index (χ1v) is 14.3. The summed E-state index contributed by atoms with van der Waals surface area (Å²) >= 11 is 0. The number of amides is 3. The number of hydrogen-bond acceptors (Lipinski definition) is 6. The molecule has 10 heteroatoms. The van der Waals surface area contributed by atoms with Crippen LogP contribution < -0.4 is 16.0 Å². The van der Waals surface area contributed by atoms with E-state index in [0.29, 0.717) is 57.7 Å². The van der Waals surface area contributed by atoms with Crippen LogP contribution in [0.3, 0.4) is 0 Å². The predicted molar refractivity (Wildman–Crippen MR) is 151 cm³/mol. The van der Waals surface area contributed by atoms with Crippen LogP contribution in [0, 0.1) is 11.3 Å². The number of aromatic nitrogens is 2. The zero-order chi connectivity index (χ0) is 28.0. The predicted octanol–water partition coefficient (Wildman–Crippen LogP) is 2.04. The lowest BCUT2D eigenvalue weighted by Crippen LogP contribution is -2.58. The van der Waals surface area contributed by atoms with Crippen LogP contribution >= 0.6 is 0 Å². The Kier molecular flexibility index (Phi) is 8.96. The van der Waals surface area contributed by atoms with Crippen LogP contribution in [0.2, 0.25) is 0 Å². The monoisotopic (exact) mass is 548 g/mol. The molecule has 0 bridgehead atoms. The fourth-order valence-corrected chi connectivity index (χ4v) is 6.09. The van der Waals surface area contributed by atoms with E-state index in [1.165, 1.54) is 0 Å². The Labute approximate surface area is 235 Å². The third kappa shape index (κ3) is 6.98. The number of ether oxygens (including phenoxy) is 1. The van der Waals surface area contributed by atoms with E-state index in [4.69, 9.17) is 4.74 Å². The number of anilines is 1. The van der Waals surface area contributed by atoms with E-state index in [1.807, 2.05) is 37.4 Å². The van der Waals surface area contributed by atoms with Gasteiger partial charge in [-0.2, -0.15) is 5.10 Å². The molecule has 0 radical (unpaired) electrons. The van der Waals surface area contributed by atoms with Gasteiger partial charge in [0.25, 0.3) is 0 Å². The van der Waals surface area contributed by atoms with Crippen molar-refractivity contribution in [3.05, 3.63) is 60.4 Å². The van der Waals surface area contributed by atoms with Crippen molar-refractivity contribution in [2.75, 3.05) is 38.2 Å². The molecule has 1 spiro atoms. The largest absolute Gasteiger partial charge is 0.381 e. The maximum absolute atomic E-state index is 13.7. The van der Waals surface area contributed by atoms with E-state index in [9.17, 15) is 14.4 Å². The minimum Gasteiger partial charge on any atom is -0.381 e. The molecule has 3 aliphatic rings. The molecule has 4 heterocycles. The Morgan fingerprint density at radius 3 is 2.70 bits per heavy atom. The summed E-state index contributed by atoms with van der Waals surface area (Å²) in [5.41, 5.74) is 1.10. The van der Waals surface area contributed by atoms with E-state index >= 15 is 0 Å². The van der Waals surface area contributed by atoms with Crippen LogP contribution in [0.5, 0.6) is 0 Å². The number of hydrogen-bond donors (Lipinski definition) is 3. The van der Waals surface area contributed by atoms with Gasteiger partial charge in [-0.05, 0) is 43.6 Å². The zero-order valence-electron chi connectivity index (χ0n) is 23.2. The van der Waals surface area contributed by atoms with Gasteiger partial charge in [-0.25, -0.2) is 0 Å². The van der Waals surface area contributed by atoms with Gasteiger partial charge in [0.2, 0.25) is 17.7 Å². The summed E-state index contributed by atoms with van der Waals surface area (Å²) in [6.07, 6.45) is 11.5. The SMILES string of the molecule is Cn1cc(NC(=O)CN2CC[C@H]3NC(=O)[C@@H](Cc4ccccc4)NC(=O)C4(C/C=C/C[C@H]3C2)CCOCC4)cn1. The number of likely N-dealkylation sites (tertiary alicyclic amines) is 1. The molecule has 5 rings (SSSR count). The van der Waals surface area contributed by atoms with E-state index in [1.54, 1.807) is 17.1 Å². The standard InChI is InChI=1S/C30H40N6O4/c1-35-20-24(18-31-35)32-27(37)21-36-14-10-25-23(19-36)9-5-6-11-30(12-15-40-16-13-30)29(39)34-26(28(38)33-25)17-22-7-3-2-4-8-22/h2-8,18,20,23,25-26H,9-17,19,21H2,1H3,(H,32,37)(H,33,38)(H,34,39)/b6-5+/t23-,25+,26+/m0/s1. The zero-order valence-corrected chi connectivity index (χ0v) is 23.2. The van der Waals surface area contributed by atoms with Gasteiger partial charge in [0.1, 0.15) is 6.04 Å². The number of nitrogens with zero attached hydrogens (tertiary/aromatic N) is 3. The van der Waals surface area contributed by atoms with Crippen molar-refractivity contribution in [2.24, 2.45) is 18.4 Å². The van der Waals surface area contributed by atoms with E-state index in [2.05, 4.69) is 38.1 Å². The van der Waals surface area contributed by atoms with E-state index < -0.39 is 11.5 Å². The van der Waals surface area contributed by atoms with Gasteiger partial charge in [0.15, 0.2) is 0 Å². The number of piperidine rings is 1. The number of allylic oxidation sites excluding steroid dienone is 2. The molecule has 40 heavy (non-hydrogen) atoms. The Morgan fingerprint density at radius 2 is 1.95 bits per heavy atom. The van der Waals surface area contributed by atoms with Crippen LogP contribution in [0.4, 0.5) is 5.69 Å². The molecule has 2 saturated heterocycles. The highest BCUT2D eigenvalue weighted by Gasteiger charge is 2.41. The quantitative estimate of drug-likeness (QED) is 0.493. The molecule has 214 valence electrons. The van der Waals surface area contributed by atoms with Gasteiger partial charge >= 0.3 is 0 Å². The Morgan fingerprint density at radius 1 is 1.15 bits per heavy atom. The van der Waals surface area contributed by atoms with Gasteiger partial charge in [0, 0.05) is 52.0 Å². The molecule has 1 aromatic heterocycles. The van der Waals surface area contributed by atoms with Gasteiger partial charge in [0.05, 0.1) is 23.8 Å². The van der Waals surface area contributed by atoms with Crippen molar-refractivity contribution in [1.29, 1.82) is 0 Å². The first kappa shape index (κ1) is 28.0.